The molecule has 0 bridgehead atoms. The topological polar surface area (TPSA) is 83.6 Å². The van der Waals surface area contributed by atoms with Gasteiger partial charge in [-0.15, -0.1) is 0 Å². The van der Waals surface area contributed by atoms with Crippen molar-refractivity contribution in [2.24, 2.45) is 5.41 Å². The van der Waals surface area contributed by atoms with Gasteiger partial charge < -0.3 is 5.32 Å². The molecule has 0 fully saturated rings. The maximum absolute atomic E-state index is 12.5. The van der Waals surface area contributed by atoms with Crippen LogP contribution in [-0.2, 0) is 4.79 Å². The lowest BCUT2D eigenvalue weighted by molar-refractivity contribution is -0.123. The average Bonchev–Trinajstić information content (AvgIpc) is 2.87. The number of hydrogen-bond acceptors (Lipinski definition) is 4. The van der Waals surface area contributed by atoms with Gasteiger partial charge in [-0.3, -0.25) is 24.1 Å². The molecular formula is C21H20N2O4. The van der Waals surface area contributed by atoms with Gasteiger partial charge in [-0.25, -0.2) is 0 Å². The van der Waals surface area contributed by atoms with Gasteiger partial charge in [-0.1, -0.05) is 32.9 Å². The molecule has 3 rings (SSSR count). The summed E-state index contributed by atoms with van der Waals surface area (Å²) in [6.45, 7) is 5.10. The number of ketones is 1. The van der Waals surface area contributed by atoms with Gasteiger partial charge >= 0.3 is 0 Å². The van der Waals surface area contributed by atoms with Crippen LogP contribution in [0.5, 0.6) is 0 Å². The molecule has 1 N–H and O–H groups in total. The number of anilines is 1. The van der Waals surface area contributed by atoms with E-state index in [1.165, 1.54) is 0 Å². The first-order valence-corrected chi connectivity index (χ1v) is 8.58. The molecule has 27 heavy (non-hydrogen) atoms. The van der Waals surface area contributed by atoms with Crippen LogP contribution in [0.15, 0.2) is 48.5 Å². The average molecular weight is 364 g/mol. The molecule has 0 unspecified atom stereocenters. The normalized spacial score (nSPS) is 13.5. The van der Waals surface area contributed by atoms with E-state index in [-0.39, 0.29) is 18.2 Å². The number of fused-ring (bicyclic) bond motifs is 1. The molecule has 6 nitrogen and oxygen atoms in total. The Balaban J connectivity index is 1.70. The smallest absolute Gasteiger partial charge is 0.261 e. The third kappa shape index (κ3) is 3.65. The summed E-state index contributed by atoms with van der Waals surface area (Å²) in [6, 6.07) is 12.9. The molecule has 1 heterocycles. The van der Waals surface area contributed by atoms with Crippen molar-refractivity contribution in [1.29, 1.82) is 0 Å². The molecule has 0 saturated heterocycles. The second kappa shape index (κ2) is 6.79. The molecule has 3 amide bonds. The van der Waals surface area contributed by atoms with Gasteiger partial charge in [0, 0.05) is 16.7 Å². The molecule has 138 valence electrons. The van der Waals surface area contributed by atoms with E-state index in [4.69, 9.17) is 0 Å². The van der Waals surface area contributed by atoms with Crippen LogP contribution in [0.2, 0.25) is 0 Å². The summed E-state index contributed by atoms with van der Waals surface area (Å²) in [4.78, 5) is 50.2. The lowest BCUT2D eigenvalue weighted by Gasteiger charge is -2.18. The number of carbonyl (C=O) groups is 4. The minimum Gasteiger partial charge on any atom is -0.326 e. The van der Waals surface area contributed by atoms with Crippen molar-refractivity contribution in [2.45, 2.75) is 20.8 Å². The van der Waals surface area contributed by atoms with Gasteiger partial charge in [0.25, 0.3) is 11.8 Å². The number of rotatable bonds is 4. The number of nitrogens with zero attached hydrogens (tertiary/aromatic N) is 1. The van der Waals surface area contributed by atoms with Gasteiger partial charge in [0.15, 0.2) is 5.78 Å². The molecule has 2 aromatic carbocycles. The van der Waals surface area contributed by atoms with Crippen molar-refractivity contribution in [1.82, 2.24) is 4.90 Å². The number of carbonyl (C=O) groups excluding carboxylic acids is 4. The number of benzene rings is 2. The van der Waals surface area contributed by atoms with Crippen molar-refractivity contribution in [3.63, 3.8) is 0 Å². The quantitative estimate of drug-likeness (QED) is 0.667. The minimum absolute atomic E-state index is 0.132. The second-order valence-corrected chi connectivity index (χ2v) is 7.45. The third-order valence-electron chi connectivity index (χ3n) is 4.33. The maximum Gasteiger partial charge on any atom is 0.261 e. The highest BCUT2D eigenvalue weighted by atomic mass is 16.2. The standard InChI is InChI=1S/C21H20N2O4/c1-21(2,3)20(27)22-14-10-8-13(9-11-14)17(24)12-23-18(25)15-6-4-5-7-16(15)19(23)26/h4-11H,12H2,1-3H3,(H,22,27). The Labute approximate surface area is 157 Å². The van der Waals surface area contributed by atoms with E-state index >= 15 is 0 Å². The molecule has 0 aliphatic carbocycles. The van der Waals surface area contributed by atoms with Gasteiger partial charge in [-0.05, 0) is 36.4 Å². The maximum atomic E-state index is 12.5. The highest BCUT2D eigenvalue weighted by Gasteiger charge is 2.36. The monoisotopic (exact) mass is 364 g/mol. The Morgan fingerprint density at radius 3 is 1.89 bits per heavy atom. The molecule has 0 spiro atoms. The Morgan fingerprint density at radius 1 is 0.889 bits per heavy atom. The zero-order valence-corrected chi connectivity index (χ0v) is 15.4. The van der Waals surface area contributed by atoms with Crippen LogP contribution in [0.4, 0.5) is 5.69 Å². The van der Waals surface area contributed by atoms with E-state index in [1.54, 1.807) is 48.5 Å². The number of hydrogen-bond donors (Lipinski definition) is 1. The highest BCUT2D eigenvalue weighted by molar-refractivity contribution is 6.23. The molecule has 0 aromatic heterocycles. The summed E-state index contributed by atoms with van der Waals surface area (Å²) in [6.07, 6.45) is 0. The van der Waals surface area contributed by atoms with E-state index in [1.807, 2.05) is 20.8 Å². The first-order valence-electron chi connectivity index (χ1n) is 8.58. The predicted molar refractivity (Wildman–Crippen MR) is 101 cm³/mol. The molecule has 6 heteroatoms. The summed E-state index contributed by atoms with van der Waals surface area (Å²) >= 11 is 0. The highest BCUT2D eigenvalue weighted by Crippen LogP contribution is 2.23. The minimum atomic E-state index is -0.528. The summed E-state index contributed by atoms with van der Waals surface area (Å²) < 4.78 is 0. The van der Waals surface area contributed by atoms with Gasteiger partial charge in [-0.2, -0.15) is 0 Å². The van der Waals surface area contributed by atoms with E-state index in [2.05, 4.69) is 5.32 Å². The van der Waals surface area contributed by atoms with E-state index in [9.17, 15) is 19.2 Å². The van der Waals surface area contributed by atoms with Gasteiger partial charge in [0.2, 0.25) is 5.91 Å². The lowest BCUT2D eigenvalue weighted by atomic mass is 9.95. The Kier molecular flexibility index (Phi) is 4.66. The van der Waals surface area contributed by atoms with Crippen LogP contribution in [0.1, 0.15) is 51.8 Å². The van der Waals surface area contributed by atoms with Gasteiger partial charge in [0.05, 0.1) is 17.7 Å². The zero-order chi connectivity index (χ0) is 19.8. The number of imide groups is 1. The molecular weight excluding hydrogens is 344 g/mol. The number of amides is 3. The number of nitrogens with one attached hydrogen (secondary N) is 1. The van der Waals surface area contributed by atoms with Gasteiger partial charge in [0.1, 0.15) is 0 Å². The van der Waals surface area contributed by atoms with Crippen LogP contribution in [-0.4, -0.2) is 34.9 Å². The summed E-state index contributed by atoms with van der Waals surface area (Å²) in [5.74, 6) is -1.40. The lowest BCUT2D eigenvalue weighted by Crippen LogP contribution is -2.34. The molecule has 2 aromatic rings. The van der Waals surface area contributed by atoms with Crippen LogP contribution < -0.4 is 5.32 Å². The Hall–Kier alpha value is -3.28. The zero-order valence-electron chi connectivity index (χ0n) is 15.4. The Bertz CT molecular complexity index is 904. The molecule has 0 atom stereocenters. The Morgan fingerprint density at radius 2 is 1.41 bits per heavy atom. The van der Waals surface area contributed by atoms with Crippen LogP contribution in [0.3, 0.4) is 0 Å². The van der Waals surface area contributed by atoms with Crippen LogP contribution in [0, 0.1) is 5.41 Å². The predicted octanol–water partition coefficient (Wildman–Crippen LogP) is 3.15. The first-order chi connectivity index (χ1) is 12.7. The number of Topliss-reactive ketones (excluding diaryl/α,β-unsaturated/α-hetero) is 1. The fourth-order valence-corrected chi connectivity index (χ4v) is 2.68. The summed E-state index contributed by atoms with van der Waals surface area (Å²) in [5.41, 5.74) is 1.04. The van der Waals surface area contributed by atoms with Crippen molar-refractivity contribution >= 4 is 29.2 Å². The van der Waals surface area contributed by atoms with Crippen LogP contribution >= 0.6 is 0 Å². The summed E-state index contributed by atoms with van der Waals surface area (Å²) in [7, 11) is 0. The van der Waals surface area contributed by atoms with Crippen molar-refractivity contribution < 1.29 is 19.2 Å². The van der Waals surface area contributed by atoms with Crippen molar-refractivity contribution in [2.75, 3.05) is 11.9 Å². The van der Waals surface area contributed by atoms with E-state index in [0.717, 1.165) is 4.90 Å². The fraction of sp³-hybridized carbons (Fsp3) is 0.238. The SMILES string of the molecule is CC(C)(C)C(=O)Nc1ccc(C(=O)CN2C(=O)c3ccccc3C2=O)cc1. The molecule has 0 radical (unpaired) electrons. The molecule has 0 saturated carbocycles. The summed E-state index contributed by atoms with van der Waals surface area (Å²) in [5, 5.41) is 2.78. The van der Waals surface area contributed by atoms with E-state index in [0.29, 0.717) is 22.4 Å². The molecule has 1 aliphatic rings. The van der Waals surface area contributed by atoms with Crippen molar-refractivity contribution in [3.05, 3.63) is 65.2 Å². The van der Waals surface area contributed by atoms with Crippen LogP contribution in [0.25, 0.3) is 0 Å². The van der Waals surface area contributed by atoms with Crippen molar-refractivity contribution in [3.8, 4) is 0 Å². The molecule has 1 aliphatic heterocycles. The third-order valence-corrected chi connectivity index (χ3v) is 4.33. The fourth-order valence-electron chi connectivity index (χ4n) is 2.68. The van der Waals surface area contributed by atoms with E-state index < -0.39 is 17.2 Å². The largest absolute Gasteiger partial charge is 0.326 e. The second-order valence-electron chi connectivity index (χ2n) is 7.45. The first kappa shape index (κ1) is 18.5.